The fraction of sp³-hybridized carbons (Fsp3) is 0.250. The minimum atomic E-state index is -0.199. The normalized spacial score (nSPS) is 11.4. The van der Waals surface area contributed by atoms with Crippen LogP contribution in [0.3, 0.4) is 0 Å². The summed E-state index contributed by atoms with van der Waals surface area (Å²) in [6.45, 7) is 4.59. The largest absolute Gasteiger partial charge is 0.315 e. The molecule has 0 fully saturated rings. The zero-order valence-corrected chi connectivity index (χ0v) is 13.3. The Morgan fingerprint density at radius 1 is 1.17 bits per heavy atom. The molecule has 1 aromatic carbocycles. The highest BCUT2D eigenvalue weighted by Gasteiger charge is 2.15. The summed E-state index contributed by atoms with van der Waals surface area (Å²) in [6, 6.07) is 9.46. The van der Waals surface area contributed by atoms with Crippen LogP contribution in [0.25, 0.3) is 5.69 Å². The van der Waals surface area contributed by atoms with Gasteiger partial charge in [-0.05, 0) is 26.0 Å². The number of aromatic nitrogens is 4. The fourth-order valence-electron chi connectivity index (χ4n) is 2.42. The van der Waals surface area contributed by atoms with Crippen molar-refractivity contribution in [3.05, 3.63) is 58.8 Å². The SMILES string of the molecule is CCn1ccnc1/N=N/c1c(C)n(C)n(-c2ccccc2)c1=O. The molecular weight excluding hydrogens is 292 g/mol. The molecule has 0 saturated carbocycles. The van der Waals surface area contributed by atoms with Crippen molar-refractivity contribution >= 4 is 11.6 Å². The number of para-hydroxylation sites is 1. The molecule has 0 saturated heterocycles. The molecule has 0 bridgehead atoms. The van der Waals surface area contributed by atoms with Gasteiger partial charge >= 0.3 is 0 Å². The molecule has 0 aliphatic rings. The first-order valence-electron chi connectivity index (χ1n) is 7.40. The van der Waals surface area contributed by atoms with E-state index in [9.17, 15) is 4.79 Å². The number of imidazole rings is 1. The van der Waals surface area contributed by atoms with Crippen LogP contribution in [0, 0.1) is 6.92 Å². The van der Waals surface area contributed by atoms with Crippen molar-refractivity contribution in [3.8, 4) is 5.69 Å². The van der Waals surface area contributed by atoms with Crippen molar-refractivity contribution in [2.45, 2.75) is 20.4 Å². The Hall–Kier alpha value is -2.96. The second-order valence-electron chi connectivity index (χ2n) is 5.12. The van der Waals surface area contributed by atoms with Crippen LogP contribution in [0.5, 0.6) is 0 Å². The van der Waals surface area contributed by atoms with E-state index in [1.807, 2.05) is 62.0 Å². The Labute approximate surface area is 133 Å². The molecule has 3 aromatic rings. The Bertz CT molecular complexity index is 901. The van der Waals surface area contributed by atoms with Crippen molar-refractivity contribution in [2.75, 3.05) is 0 Å². The molecule has 23 heavy (non-hydrogen) atoms. The van der Waals surface area contributed by atoms with Gasteiger partial charge in [-0.1, -0.05) is 18.2 Å². The summed E-state index contributed by atoms with van der Waals surface area (Å²) >= 11 is 0. The summed E-state index contributed by atoms with van der Waals surface area (Å²) < 4.78 is 5.21. The number of rotatable bonds is 4. The van der Waals surface area contributed by atoms with Gasteiger partial charge < -0.3 is 4.57 Å². The molecule has 0 amide bonds. The predicted octanol–water partition coefficient (Wildman–Crippen LogP) is 3.12. The van der Waals surface area contributed by atoms with Crippen molar-refractivity contribution in [2.24, 2.45) is 17.3 Å². The first-order valence-corrected chi connectivity index (χ1v) is 7.40. The molecule has 0 N–H and O–H groups in total. The number of nitrogens with zero attached hydrogens (tertiary/aromatic N) is 6. The first kappa shape index (κ1) is 15.0. The van der Waals surface area contributed by atoms with Crippen LogP contribution in [0.2, 0.25) is 0 Å². The predicted molar refractivity (Wildman–Crippen MR) is 87.8 cm³/mol. The summed E-state index contributed by atoms with van der Waals surface area (Å²) in [5.41, 5.74) is 1.66. The molecule has 0 aliphatic heterocycles. The summed E-state index contributed by atoms with van der Waals surface area (Å²) in [6.07, 6.45) is 3.49. The van der Waals surface area contributed by atoms with Gasteiger partial charge in [-0.25, -0.2) is 9.67 Å². The van der Waals surface area contributed by atoms with E-state index < -0.39 is 0 Å². The van der Waals surface area contributed by atoms with Gasteiger partial charge in [0, 0.05) is 26.0 Å². The molecule has 0 aliphatic carbocycles. The van der Waals surface area contributed by atoms with Crippen LogP contribution in [0.4, 0.5) is 11.6 Å². The first-order chi connectivity index (χ1) is 11.1. The Morgan fingerprint density at radius 2 is 1.91 bits per heavy atom. The zero-order valence-electron chi connectivity index (χ0n) is 13.3. The number of azo groups is 1. The average Bonchev–Trinajstić information content (AvgIpc) is 3.10. The van der Waals surface area contributed by atoms with Crippen LogP contribution in [-0.2, 0) is 13.6 Å². The van der Waals surface area contributed by atoms with Gasteiger partial charge in [0.15, 0.2) is 5.69 Å². The quantitative estimate of drug-likeness (QED) is 0.695. The van der Waals surface area contributed by atoms with E-state index in [1.54, 1.807) is 15.6 Å². The van der Waals surface area contributed by atoms with Gasteiger partial charge in [0.2, 0.25) is 5.95 Å². The maximum Gasteiger partial charge on any atom is 0.299 e. The molecule has 7 heteroatoms. The lowest BCUT2D eigenvalue weighted by atomic mass is 10.3. The van der Waals surface area contributed by atoms with Gasteiger partial charge in [0.25, 0.3) is 5.56 Å². The second-order valence-corrected chi connectivity index (χ2v) is 5.12. The zero-order chi connectivity index (χ0) is 16.4. The highest BCUT2D eigenvalue weighted by Crippen LogP contribution is 2.19. The third-order valence-electron chi connectivity index (χ3n) is 3.80. The lowest BCUT2D eigenvalue weighted by molar-refractivity contribution is 0.630. The summed E-state index contributed by atoms with van der Waals surface area (Å²) in [5, 5.41) is 8.28. The van der Waals surface area contributed by atoms with E-state index in [4.69, 9.17) is 0 Å². The van der Waals surface area contributed by atoms with E-state index >= 15 is 0 Å². The lowest BCUT2D eigenvalue weighted by Gasteiger charge is -2.07. The van der Waals surface area contributed by atoms with Gasteiger partial charge in [0.05, 0.1) is 11.4 Å². The molecule has 0 atom stereocenters. The highest BCUT2D eigenvalue weighted by atomic mass is 16.1. The number of aryl methyl sites for hydroxylation is 1. The third-order valence-corrected chi connectivity index (χ3v) is 3.80. The number of hydrogen-bond donors (Lipinski definition) is 0. The minimum Gasteiger partial charge on any atom is -0.315 e. The Kier molecular flexibility index (Phi) is 3.92. The summed E-state index contributed by atoms with van der Waals surface area (Å²) in [7, 11) is 1.83. The van der Waals surface area contributed by atoms with Crippen molar-refractivity contribution in [1.29, 1.82) is 0 Å². The molecule has 2 heterocycles. The number of hydrogen-bond acceptors (Lipinski definition) is 4. The lowest BCUT2D eigenvalue weighted by Crippen LogP contribution is -2.19. The summed E-state index contributed by atoms with van der Waals surface area (Å²) in [5.74, 6) is 0.487. The highest BCUT2D eigenvalue weighted by molar-refractivity contribution is 5.44. The van der Waals surface area contributed by atoms with Gasteiger partial charge in [0.1, 0.15) is 0 Å². The second kappa shape index (κ2) is 6.04. The standard InChI is InChI=1S/C16H18N6O/c1-4-21-11-10-17-16(21)19-18-14-12(2)20(3)22(15(14)23)13-8-6-5-7-9-13/h5-11H,4H2,1-3H3/b19-18+. The van der Waals surface area contributed by atoms with Crippen LogP contribution < -0.4 is 5.56 Å². The van der Waals surface area contributed by atoms with Crippen LogP contribution in [-0.4, -0.2) is 18.9 Å². The maximum absolute atomic E-state index is 12.7. The topological polar surface area (TPSA) is 69.5 Å². The van der Waals surface area contributed by atoms with E-state index in [1.165, 1.54) is 0 Å². The molecule has 118 valence electrons. The molecule has 3 rings (SSSR count). The molecule has 2 aromatic heterocycles. The minimum absolute atomic E-state index is 0.199. The van der Waals surface area contributed by atoms with Crippen molar-refractivity contribution in [3.63, 3.8) is 0 Å². The molecule has 0 unspecified atom stereocenters. The molecule has 0 spiro atoms. The smallest absolute Gasteiger partial charge is 0.299 e. The van der Waals surface area contributed by atoms with E-state index in [0.717, 1.165) is 17.9 Å². The monoisotopic (exact) mass is 310 g/mol. The van der Waals surface area contributed by atoms with Gasteiger partial charge in [-0.2, -0.15) is 0 Å². The average molecular weight is 310 g/mol. The maximum atomic E-state index is 12.7. The van der Waals surface area contributed by atoms with E-state index in [0.29, 0.717) is 11.6 Å². The third kappa shape index (κ3) is 2.61. The fourth-order valence-corrected chi connectivity index (χ4v) is 2.42. The van der Waals surface area contributed by atoms with Gasteiger partial charge in [-0.3, -0.25) is 9.48 Å². The van der Waals surface area contributed by atoms with Gasteiger partial charge in [-0.15, -0.1) is 10.2 Å². The van der Waals surface area contributed by atoms with Crippen molar-refractivity contribution in [1.82, 2.24) is 18.9 Å². The van der Waals surface area contributed by atoms with Crippen LogP contribution in [0.1, 0.15) is 12.6 Å². The molecule has 0 radical (unpaired) electrons. The Morgan fingerprint density at radius 3 is 2.61 bits per heavy atom. The van der Waals surface area contributed by atoms with Crippen molar-refractivity contribution < 1.29 is 0 Å². The summed E-state index contributed by atoms with van der Waals surface area (Å²) in [4.78, 5) is 16.8. The van der Waals surface area contributed by atoms with Crippen LogP contribution >= 0.6 is 0 Å². The molecular formula is C16H18N6O. The molecule has 7 nitrogen and oxygen atoms in total. The van der Waals surface area contributed by atoms with E-state index in [-0.39, 0.29) is 5.56 Å². The van der Waals surface area contributed by atoms with E-state index in [2.05, 4.69) is 15.2 Å². The Balaban J connectivity index is 2.07. The number of benzene rings is 1. The van der Waals surface area contributed by atoms with Crippen LogP contribution in [0.15, 0.2) is 57.7 Å².